The Morgan fingerprint density at radius 3 is 2.69 bits per heavy atom. The maximum Gasteiger partial charge on any atom is 0.456 e. The second-order valence-electron chi connectivity index (χ2n) is 6.95. The van der Waals surface area contributed by atoms with Gasteiger partial charge < -0.3 is 19.9 Å². The number of hydrogen-bond acceptors (Lipinski definition) is 6. The highest BCUT2D eigenvalue weighted by Crippen LogP contribution is 2.39. The fourth-order valence-electron chi connectivity index (χ4n) is 3.70. The first-order valence-electron chi connectivity index (χ1n) is 8.64. The van der Waals surface area contributed by atoms with Crippen molar-refractivity contribution in [2.24, 2.45) is 0 Å². The lowest BCUT2D eigenvalue weighted by molar-refractivity contribution is 0.168. The summed E-state index contributed by atoms with van der Waals surface area (Å²) in [6.07, 6.45) is 2.70. The molecule has 3 N–H and O–H groups in total. The van der Waals surface area contributed by atoms with Crippen molar-refractivity contribution in [2.45, 2.75) is 37.4 Å². The Morgan fingerprint density at radius 1 is 1.35 bits per heavy atom. The highest BCUT2D eigenvalue weighted by molar-refractivity contribution is 7.92. The van der Waals surface area contributed by atoms with Gasteiger partial charge in [-0.15, -0.1) is 0 Å². The zero-order chi connectivity index (χ0) is 18.9. The first-order valence-corrected chi connectivity index (χ1v) is 10.4. The van der Waals surface area contributed by atoms with Crippen LogP contribution in [0.2, 0.25) is 6.32 Å². The third-order valence-electron chi connectivity index (χ3n) is 4.95. The van der Waals surface area contributed by atoms with E-state index in [-0.39, 0.29) is 24.4 Å². The van der Waals surface area contributed by atoms with Gasteiger partial charge in [0.15, 0.2) is 9.84 Å². The largest absolute Gasteiger partial charge is 0.508 e. The highest BCUT2D eigenvalue weighted by atomic mass is 32.2. The lowest BCUT2D eigenvalue weighted by atomic mass is 9.74. The molecule has 0 amide bonds. The second-order valence-corrected chi connectivity index (χ2v) is 9.13. The number of phenols is 1. The number of aliphatic hydroxyl groups is 1. The first kappa shape index (κ1) is 19.2. The average Bonchev–Trinajstić information content (AvgIpc) is 2.85. The molecule has 2 aliphatic heterocycles. The topological polar surface area (TPSA) is 104 Å². The van der Waals surface area contributed by atoms with Gasteiger partial charge in [-0.05, 0) is 48.6 Å². The Bertz CT molecular complexity index is 828. The number of benzene rings is 1. The van der Waals surface area contributed by atoms with Crippen LogP contribution in [-0.2, 0) is 14.5 Å². The molecule has 1 aromatic carbocycles. The van der Waals surface area contributed by atoms with E-state index in [9.17, 15) is 23.7 Å². The average molecular weight is 378 g/mol. The maximum atomic E-state index is 12.3. The number of fused-ring (bicyclic) bond motifs is 1. The predicted molar refractivity (Wildman–Crippen MR) is 100 cm³/mol. The molecule has 26 heavy (non-hydrogen) atoms. The third kappa shape index (κ3) is 4.04. The van der Waals surface area contributed by atoms with Crippen LogP contribution in [0.15, 0.2) is 41.0 Å². The molecular weight excluding hydrogens is 355 g/mol. The predicted octanol–water partition coefficient (Wildman–Crippen LogP) is 1.54. The van der Waals surface area contributed by atoms with E-state index in [0.29, 0.717) is 24.0 Å². The van der Waals surface area contributed by atoms with E-state index in [0.717, 1.165) is 11.1 Å². The molecule has 8 heteroatoms. The van der Waals surface area contributed by atoms with Crippen LogP contribution < -0.4 is 0 Å². The molecule has 3 rings (SSSR count). The number of hydrogen-bond donors (Lipinski definition) is 3. The van der Waals surface area contributed by atoms with Crippen molar-refractivity contribution in [2.75, 3.05) is 12.4 Å². The van der Waals surface area contributed by atoms with Gasteiger partial charge in [-0.3, -0.25) is 0 Å². The Balaban J connectivity index is 1.74. The fourth-order valence-corrected chi connectivity index (χ4v) is 5.81. The van der Waals surface area contributed by atoms with Gasteiger partial charge in [0, 0.05) is 6.32 Å². The Morgan fingerprint density at radius 2 is 2.04 bits per heavy atom. The molecule has 1 saturated heterocycles. The molecular formula is C18H23BO6S. The number of aliphatic hydroxyl groups excluding tert-OH is 1. The Labute approximate surface area is 153 Å². The molecule has 0 aromatic heterocycles. The van der Waals surface area contributed by atoms with Crippen LogP contribution in [0, 0.1) is 0 Å². The number of allylic oxidation sites excluding steroid dienone is 1. The van der Waals surface area contributed by atoms with Gasteiger partial charge in [0.25, 0.3) is 0 Å². The molecule has 2 aliphatic rings. The molecule has 0 spiro atoms. The van der Waals surface area contributed by atoms with Crippen molar-refractivity contribution in [3.05, 3.63) is 46.5 Å². The van der Waals surface area contributed by atoms with Crippen LogP contribution in [0.3, 0.4) is 0 Å². The van der Waals surface area contributed by atoms with E-state index in [1.54, 1.807) is 12.1 Å². The fraction of sp³-hybridized carbons (Fsp3) is 0.444. The zero-order valence-corrected chi connectivity index (χ0v) is 15.4. The van der Waals surface area contributed by atoms with Crippen molar-refractivity contribution < 1.29 is 28.3 Å². The molecule has 6 nitrogen and oxygen atoms in total. The molecule has 0 unspecified atom stereocenters. The minimum absolute atomic E-state index is 0.0278. The van der Waals surface area contributed by atoms with Crippen LogP contribution in [-0.4, -0.2) is 54.5 Å². The van der Waals surface area contributed by atoms with E-state index in [4.69, 9.17) is 4.65 Å². The van der Waals surface area contributed by atoms with Crippen molar-refractivity contribution in [1.29, 1.82) is 0 Å². The van der Waals surface area contributed by atoms with Crippen LogP contribution >= 0.6 is 0 Å². The van der Waals surface area contributed by atoms with Crippen molar-refractivity contribution in [1.82, 2.24) is 0 Å². The first-order chi connectivity index (χ1) is 12.3. The zero-order valence-electron chi connectivity index (χ0n) is 14.6. The number of aromatic hydroxyl groups is 1. The summed E-state index contributed by atoms with van der Waals surface area (Å²) >= 11 is 0. The van der Waals surface area contributed by atoms with Crippen molar-refractivity contribution in [3.63, 3.8) is 0 Å². The SMILES string of the molecule is C/C(=C\c1ccc(O)cc1)CC[C@H]1OB(O)C[C@H]2C1=C(CO)CS2(=O)=O. The van der Waals surface area contributed by atoms with Crippen LogP contribution in [0.5, 0.6) is 5.75 Å². The summed E-state index contributed by atoms with van der Waals surface area (Å²) in [5.41, 5.74) is 3.17. The number of sulfone groups is 1. The van der Waals surface area contributed by atoms with Gasteiger partial charge in [-0.25, -0.2) is 8.42 Å². The quantitative estimate of drug-likeness (QED) is 0.531. The van der Waals surface area contributed by atoms with E-state index >= 15 is 0 Å². The summed E-state index contributed by atoms with van der Waals surface area (Å²) < 4.78 is 30.2. The highest BCUT2D eigenvalue weighted by Gasteiger charge is 2.48. The van der Waals surface area contributed by atoms with Gasteiger partial charge in [0.05, 0.1) is 23.7 Å². The summed E-state index contributed by atoms with van der Waals surface area (Å²) in [5.74, 6) is 0.0552. The van der Waals surface area contributed by atoms with Gasteiger partial charge in [-0.1, -0.05) is 23.8 Å². The number of rotatable bonds is 5. The minimum Gasteiger partial charge on any atom is -0.508 e. The summed E-state index contributed by atoms with van der Waals surface area (Å²) in [4.78, 5) is 0. The van der Waals surface area contributed by atoms with Gasteiger partial charge in [0.1, 0.15) is 5.75 Å². The van der Waals surface area contributed by atoms with E-state index in [2.05, 4.69) is 0 Å². The van der Waals surface area contributed by atoms with E-state index in [1.165, 1.54) is 0 Å². The summed E-state index contributed by atoms with van der Waals surface area (Å²) in [7, 11) is -4.49. The lowest BCUT2D eigenvalue weighted by Crippen LogP contribution is -2.42. The van der Waals surface area contributed by atoms with E-state index in [1.807, 2.05) is 25.1 Å². The molecule has 1 fully saturated rings. The number of phenolic OH excluding ortho intramolecular Hbond substituents is 1. The Hall–Kier alpha value is -1.61. The molecule has 0 saturated carbocycles. The summed E-state index contributed by atoms with van der Waals surface area (Å²) in [6, 6.07) is 6.86. The normalized spacial score (nSPS) is 25.5. The smallest absolute Gasteiger partial charge is 0.456 e. The van der Waals surface area contributed by atoms with Crippen LogP contribution in [0.4, 0.5) is 0 Å². The van der Waals surface area contributed by atoms with Gasteiger partial charge in [-0.2, -0.15) is 0 Å². The van der Waals surface area contributed by atoms with E-state index < -0.39 is 28.3 Å². The molecule has 140 valence electrons. The molecule has 2 atom stereocenters. The maximum absolute atomic E-state index is 12.3. The standard InChI is InChI=1S/C18H23BO6S/c1-12(8-13-3-5-15(21)6-4-13)2-7-16-18-14(10-20)11-26(23,24)17(18)9-19(22)25-16/h3-6,8,16-17,20-22H,2,7,9-11H2,1H3/b12-8+/t16-,17+/m1/s1. The summed E-state index contributed by atoms with van der Waals surface area (Å²) in [5, 5.41) is 28.1. The molecule has 0 bridgehead atoms. The third-order valence-corrected chi connectivity index (χ3v) is 7.01. The molecule has 0 aliphatic carbocycles. The molecule has 0 radical (unpaired) electrons. The molecule has 2 heterocycles. The minimum atomic E-state index is -3.38. The van der Waals surface area contributed by atoms with Crippen LogP contribution in [0.1, 0.15) is 25.3 Å². The van der Waals surface area contributed by atoms with Crippen LogP contribution in [0.25, 0.3) is 6.08 Å². The van der Waals surface area contributed by atoms with Crippen molar-refractivity contribution >= 4 is 23.0 Å². The van der Waals surface area contributed by atoms with Crippen molar-refractivity contribution in [3.8, 4) is 5.75 Å². The monoisotopic (exact) mass is 378 g/mol. The van der Waals surface area contributed by atoms with Gasteiger partial charge in [0.2, 0.25) is 0 Å². The molecule has 1 aromatic rings. The second kappa shape index (κ2) is 7.56. The lowest BCUT2D eigenvalue weighted by Gasteiger charge is -2.31. The van der Waals surface area contributed by atoms with Gasteiger partial charge >= 0.3 is 7.12 Å². The Kier molecular flexibility index (Phi) is 5.57. The summed E-state index contributed by atoms with van der Waals surface area (Å²) in [6.45, 7) is 1.67.